The maximum Gasteiger partial charge on any atom is 0.326 e. The lowest BCUT2D eigenvalue weighted by atomic mass is 10.1. The van der Waals surface area contributed by atoms with Crippen LogP contribution in [0.2, 0.25) is 0 Å². The van der Waals surface area contributed by atoms with Crippen LogP contribution in [0.4, 0.5) is 9.93 Å². The maximum atomic E-state index is 12.0. The molecule has 0 radical (unpaired) electrons. The molecule has 2 amide bonds. The average Bonchev–Trinajstić information content (AvgIpc) is 2.70. The third-order valence-corrected chi connectivity index (χ3v) is 3.32. The molecule has 1 fully saturated rings. The van der Waals surface area contributed by atoms with Crippen molar-refractivity contribution < 1.29 is 14.7 Å². The molecule has 2 heterocycles. The largest absolute Gasteiger partial charge is 0.480 e. The van der Waals surface area contributed by atoms with E-state index in [2.05, 4.69) is 20.1 Å². The van der Waals surface area contributed by atoms with Gasteiger partial charge in [-0.2, -0.15) is 0 Å². The average molecular weight is 271 g/mol. The second-order valence-corrected chi connectivity index (χ2v) is 4.73. The number of carbonyl (C=O) groups excluding carboxylic acids is 1. The number of hydrogen-bond acceptors (Lipinski definition) is 6. The van der Waals surface area contributed by atoms with Gasteiger partial charge in [0.2, 0.25) is 5.13 Å². The van der Waals surface area contributed by atoms with E-state index < -0.39 is 18.0 Å². The fraction of sp³-hybridized carbons (Fsp3) is 0.667. The van der Waals surface area contributed by atoms with Crippen molar-refractivity contribution >= 4 is 28.7 Å². The predicted octanol–water partition coefficient (Wildman–Crippen LogP) is 0.794. The molecule has 1 aliphatic heterocycles. The Hall–Kier alpha value is -1.77. The van der Waals surface area contributed by atoms with E-state index in [4.69, 9.17) is 5.11 Å². The summed E-state index contributed by atoms with van der Waals surface area (Å²) in [5.74, 6) is -0.970. The Labute approximate surface area is 107 Å². The number of likely N-dealkylation sites (tertiary alicyclic amines) is 1. The van der Waals surface area contributed by atoms with E-state index >= 15 is 0 Å². The number of rotatable bonds is 2. The lowest BCUT2D eigenvalue weighted by molar-refractivity contribution is -0.142. The molecule has 1 aromatic heterocycles. The molecule has 1 saturated heterocycles. The van der Waals surface area contributed by atoms with Crippen LogP contribution >= 0.6 is 11.5 Å². The van der Waals surface area contributed by atoms with Crippen LogP contribution in [0, 0.1) is 0 Å². The number of nitrogens with one attached hydrogen (secondary N) is 1. The number of urea groups is 1. The van der Waals surface area contributed by atoms with Crippen molar-refractivity contribution in [2.75, 3.05) is 11.9 Å². The van der Waals surface area contributed by atoms with Crippen LogP contribution in [0.3, 0.4) is 0 Å². The van der Waals surface area contributed by atoms with E-state index in [0.717, 1.165) is 30.8 Å². The minimum absolute atomic E-state index is 0.272. The van der Waals surface area contributed by atoms with Crippen LogP contribution in [-0.2, 0) is 4.79 Å². The number of hydrogen-bond donors (Lipinski definition) is 2. The smallest absolute Gasteiger partial charge is 0.326 e. The first kappa shape index (κ1) is 12.7. The quantitative estimate of drug-likeness (QED) is 0.823. The molecule has 0 aliphatic carbocycles. The molecule has 98 valence electrons. The normalized spacial score (nSPS) is 20.2. The predicted molar refractivity (Wildman–Crippen MR) is 63.3 cm³/mol. The summed E-state index contributed by atoms with van der Waals surface area (Å²) in [5.41, 5.74) is 0. The fourth-order valence-corrected chi connectivity index (χ4v) is 2.31. The number of carboxylic acid groups (broad SMARTS) is 1. The first-order valence-electron chi connectivity index (χ1n) is 5.64. The molecule has 1 aromatic rings. The Balaban J connectivity index is 2.07. The molecule has 1 atom stereocenters. The summed E-state index contributed by atoms with van der Waals surface area (Å²) >= 11 is 0.952. The van der Waals surface area contributed by atoms with Gasteiger partial charge >= 0.3 is 12.0 Å². The number of nitrogens with zero attached hydrogens (tertiary/aromatic N) is 4. The molecule has 18 heavy (non-hydrogen) atoms. The minimum atomic E-state index is -0.970. The number of aromatic nitrogens is 3. The summed E-state index contributed by atoms with van der Waals surface area (Å²) in [6, 6.07) is -1.23. The molecule has 1 unspecified atom stereocenters. The van der Waals surface area contributed by atoms with E-state index in [1.54, 1.807) is 0 Å². The molecule has 1 aliphatic rings. The zero-order chi connectivity index (χ0) is 13.0. The van der Waals surface area contributed by atoms with Gasteiger partial charge in [-0.1, -0.05) is 22.4 Å². The summed E-state index contributed by atoms with van der Waals surface area (Å²) in [4.78, 5) is 24.5. The van der Waals surface area contributed by atoms with E-state index in [9.17, 15) is 9.59 Å². The zero-order valence-corrected chi connectivity index (χ0v) is 10.4. The Bertz CT molecular complexity index is 424. The van der Waals surface area contributed by atoms with Gasteiger partial charge in [0, 0.05) is 18.1 Å². The molecule has 2 N–H and O–H groups in total. The van der Waals surface area contributed by atoms with Crippen molar-refractivity contribution in [1.82, 2.24) is 19.7 Å². The Morgan fingerprint density at radius 2 is 2.22 bits per heavy atom. The third-order valence-electron chi connectivity index (χ3n) is 2.81. The summed E-state index contributed by atoms with van der Waals surface area (Å²) < 4.78 is 3.52. The van der Waals surface area contributed by atoms with Crippen molar-refractivity contribution in [2.24, 2.45) is 0 Å². The SMILES string of the molecule is O=C(O)C1CCCCCN1C(=O)Nc1nnns1. The van der Waals surface area contributed by atoms with Crippen molar-refractivity contribution in [2.45, 2.75) is 31.7 Å². The lowest BCUT2D eigenvalue weighted by Gasteiger charge is -2.26. The second kappa shape index (κ2) is 5.71. The zero-order valence-electron chi connectivity index (χ0n) is 9.57. The highest BCUT2D eigenvalue weighted by molar-refractivity contribution is 7.09. The van der Waals surface area contributed by atoms with Crippen molar-refractivity contribution in [3.8, 4) is 0 Å². The number of carboxylic acids is 1. The molecule has 9 heteroatoms. The molecule has 0 aromatic carbocycles. The summed E-state index contributed by atoms with van der Waals surface area (Å²) in [6.07, 6.45) is 3.05. The highest BCUT2D eigenvalue weighted by atomic mass is 32.1. The summed E-state index contributed by atoms with van der Waals surface area (Å²) in [5, 5.41) is 18.9. The molecule has 2 rings (SSSR count). The van der Waals surface area contributed by atoms with Gasteiger partial charge in [-0.05, 0) is 18.1 Å². The maximum absolute atomic E-state index is 12.0. The van der Waals surface area contributed by atoms with Crippen molar-refractivity contribution in [1.29, 1.82) is 0 Å². The van der Waals surface area contributed by atoms with Gasteiger partial charge in [0.05, 0.1) is 0 Å². The van der Waals surface area contributed by atoms with Crippen LogP contribution < -0.4 is 5.32 Å². The second-order valence-electron chi connectivity index (χ2n) is 3.99. The number of amides is 2. The molecule has 8 nitrogen and oxygen atoms in total. The van der Waals surface area contributed by atoms with Gasteiger partial charge in [0.25, 0.3) is 0 Å². The highest BCUT2D eigenvalue weighted by Crippen LogP contribution is 2.18. The van der Waals surface area contributed by atoms with Gasteiger partial charge < -0.3 is 10.0 Å². The van der Waals surface area contributed by atoms with Gasteiger partial charge in [0.15, 0.2) is 0 Å². The molecule has 0 saturated carbocycles. The van der Waals surface area contributed by atoms with E-state index in [1.165, 1.54) is 4.90 Å². The number of carbonyl (C=O) groups is 2. The van der Waals surface area contributed by atoms with Gasteiger partial charge in [0.1, 0.15) is 6.04 Å². The van der Waals surface area contributed by atoms with Crippen LogP contribution in [0.1, 0.15) is 25.7 Å². The van der Waals surface area contributed by atoms with Crippen LogP contribution in [-0.4, -0.2) is 49.4 Å². The van der Waals surface area contributed by atoms with Gasteiger partial charge in [-0.3, -0.25) is 5.32 Å². The third kappa shape index (κ3) is 2.92. The first-order valence-corrected chi connectivity index (χ1v) is 6.41. The molecule has 0 spiro atoms. The van der Waals surface area contributed by atoms with Crippen molar-refractivity contribution in [3.05, 3.63) is 0 Å². The fourth-order valence-electron chi connectivity index (χ4n) is 1.95. The lowest BCUT2D eigenvalue weighted by Crippen LogP contribution is -2.46. The Morgan fingerprint density at radius 1 is 1.39 bits per heavy atom. The van der Waals surface area contributed by atoms with E-state index in [1.807, 2.05) is 0 Å². The van der Waals surface area contributed by atoms with Crippen LogP contribution in [0.5, 0.6) is 0 Å². The number of anilines is 1. The Kier molecular flexibility index (Phi) is 4.03. The van der Waals surface area contributed by atoms with E-state index in [-0.39, 0.29) is 5.13 Å². The Morgan fingerprint density at radius 3 is 2.89 bits per heavy atom. The van der Waals surface area contributed by atoms with E-state index in [0.29, 0.717) is 13.0 Å². The van der Waals surface area contributed by atoms with Gasteiger partial charge in [-0.15, -0.1) is 0 Å². The number of aliphatic carboxylic acids is 1. The molecular weight excluding hydrogens is 258 g/mol. The topological polar surface area (TPSA) is 108 Å². The molecule has 0 bridgehead atoms. The molecular formula is C9H13N5O3S. The summed E-state index contributed by atoms with van der Waals surface area (Å²) in [7, 11) is 0. The van der Waals surface area contributed by atoms with Crippen LogP contribution in [0.15, 0.2) is 0 Å². The minimum Gasteiger partial charge on any atom is -0.480 e. The van der Waals surface area contributed by atoms with Crippen LogP contribution in [0.25, 0.3) is 0 Å². The first-order chi connectivity index (χ1) is 8.68. The summed E-state index contributed by atoms with van der Waals surface area (Å²) in [6.45, 7) is 0.440. The van der Waals surface area contributed by atoms with Crippen molar-refractivity contribution in [3.63, 3.8) is 0 Å². The monoisotopic (exact) mass is 271 g/mol. The highest BCUT2D eigenvalue weighted by Gasteiger charge is 2.31. The standard InChI is InChI=1S/C9H13N5O3S/c15-7(16)6-4-2-1-3-5-14(6)9(17)10-8-11-12-13-18-8/h6H,1-5H2,(H,15,16)(H,10,11,13,17). The van der Waals surface area contributed by atoms with Gasteiger partial charge in [-0.25, -0.2) is 9.59 Å².